The summed E-state index contributed by atoms with van der Waals surface area (Å²) in [5.41, 5.74) is 2.47. The Bertz CT molecular complexity index is 1250. The van der Waals surface area contributed by atoms with Crippen LogP contribution in [-0.2, 0) is 14.9 Å². The molecule has 0 unspecified atom stereocenters. The third-order valence-electron chi connectivity index (χ3n) is 4.43. The predicted molar refractivity (Wildman–Crippen MR) is 121 cm³/mol. The Labute approximate surface area is 186 Å². The van der Waals surface area contributed by atoms with E-state index >= 15 is 0 Å². The third kappa shape index (κ3) is 5.64. The standard InChI is InChI=1S/C23H22N2O6S/c1-15-7-9-17(10-8-15)24-23(27)25-18-11-12-20(22(26)30-3)21(14-18)31-32(28,29)19-6-4-5-16(2)13-19/h4-14H,1-3H3,(H2,24,25,27). The first kappa shape index (κ1) is 22.8. The van der Waals surface area contributed by atoms with E-state index in [0.29, 0.717) is 5.69 Å². The maximum atomic E-state index is 12.7. The van der Waals surface area contributed by atoms with Crippen molar-refractivity contribution >= 4 is 33.5 Å². The van der Waals surface area contributed by atoms with E-state index in [1.165, 1.54) is 37.4 Å². The molecule has 0 radical (unpaired) electrons. The van der Waals surface area contributed by atoms with E-state index in [0.717, 1.165) is 11.1 Å². The number of hydrogen-bond donors (Lipinski definition) is 2. The second-order valence-electron chi connectivity index (χ2n) is 7.00. The lowest BCUT2D eigenvalue weighted by Gasteiger charge is -2.13. The van der Waals surface area contributed by atoms with Crippen LogP contribution >= 0.6 is 0 Å². The molecule has 0 aromatic heterocycles. The third-order valence-corrected chi connectivity index (χ3v) is 5.66. The molecule has 0 heterocycles. The maximum absolute atomic E-state index is 12.7. The van der Waals surface area contributed by atoms with Gasteiger partial charge >= 0.3 is 22.1 Å². The topological polar surface area (TPSA) is 111 Å². The lowest BCUT2D eigenvalue weighted by atomic mass is 10.2. The summed E-state index contributed by atoms with van der Waals surface area (Å²) < 4.78 is 35.5. The van der Waals surface area contributed by atoms with Crippen LogP contribution in [-0.4, -0.2) is 27.5 Å². The van der Waals surface area contributed by atoms with Crippen LogP contribution in [0.1, 0.15) is 21.5 Å². The van der Waals surface area contributed by atoms with Crippen LogP contribution in [0, 0.1) is 13.8 Å². The van der Waals surface area contributed by atoms with Crippen molar-refractivity contribution in [3.63, 3.8) is 0 Å². The van der Waals surface area contributed by atoms with E-state index in [4.69, 9.17) is 8.92 Å². The molecule has 32 heavy (non-hydrogen) atoms. The zero-order valence-electron chi connectivity index (χ0n) is 17.7. The molecule has 3 rings (SSSR count). The van der Waals surface area contributed by atoms with Gasteiger partial charge in [-0.15, -0.1) is 0 Å². The summed E-state index contributed by atoms with van der Waals surface area (Å²) in [6.45, 7) is 3.68. The second kappa shape index (κ2) is 9.52. The minimum Gasteiger partial charge on any atom is -0.465 e. The average Bonchev–Trinajstić information content (AvgIpc) is 2.75. The number of carbonyl (C=O) groups excluding carboxylic acids is 2. The maximum Gasteiger partial charge on any atom is 0.341 e. The van der Waals surface area contributed by atoms with Gasteiger partial charge in [0.15, 0.2) is 5.75 Å². The fraction of sp³-hybridized carbons (Fsp3) is 0.130. The van der Waals surface area contributed by atoms with Gasteiger partial charge in [-0.2, -0.15) is 8.42 Å². The highest BCUT2D eigenvalue weighted by molar-refractivity contribution is 7.87. The average molecular weight is 455 g/mol. The largest absolute Gasteiger partial charge is 0.465 e. The van der Waals surface area contributed by atoms with Crippen LogP contribution in [0.4, 0.5) is 16.2 Å². The fourth-order valence-corrected chi connectivity index (χ4v) is 3.86. The number of ether oxygens (including phenoxy) is 1. The molecule has 3 aromatic rings. The van der Waals surface area contributed by atoms with Crippen molar-refractivity contribution in [3.05, 3.63) is 83.4 Å². The van der Waals surface area contributed by atoms with E-state index in [2.05, 4.69) is 10.6 Å². The minimum atomic E-state index is -4.23. The Morgan fingerprint density at radius 2 is 1.47 bits per heavy atom. The summed E-state index contributed by atoms with van der Waals surface area (Å²) >= 11 is 0. The molecule has 8 nitrogen and oxygen atoms in total. The van der Waals surface area contributed by atoms with Crippen molar-refractivity contribution in [2.24, 2.45) is 0 Å². The van der Waals surface area contributed by atoms with Crippen molar-refractivity contribution in [1.82, 2.24) is 0 Å². The molecule has 3 aromatic carbocycles. The smallest absolute Gasteiger partial charge is 0.341 e. The molecule has 0 saturated heterocycles. The summed E-state index contributed by atoms with van der Waals surface area (Å²) in [6, 6.07) is 16.8. The number of urea groups is 1. The first-order valence-electron chi connectivity index (χ1n) is 9.56. The van der Waals surface area contributed by atoms with E-state index in [-0.39, 0.29) is 21.9 Å². The summed E-state index contributed by atoms with van der Waals surface area (Å²) in [4.78, 5) is 24.4. The zero-order valence-corrected chi connectivity index (χ0v) is 18.5. The number of nitrogens with one attached hydrogen (secondary N) is 2. The molecule has 0 bridgehead atoms. The highest BCUT2D eigenvalue weighted by Gasteiger charge is 2.22. The Morgan fingerprint density at radius 1 is 0.812 bits per heavy atom. The lowest BCUT2D eigenvalue weighted by molar-refractivity contribution is 0.0599. The highest BCUT2D eigenvalue weighted by Crippen LogP contribution is 2.28. The number of methoxy groups -OCH3 is 1. The number of aryl methyl sites for hydroxylation is 2. The number of benzene rings is 3. The van der Waals surface area contributed by atoms with Gasteiger partial charge in [-0.25, -0.2) is 9.59 Å². The quantitative estimate of drug-likeness (QED) is 0.419. The molecular formula is C23H22N2O6S. The number of carbonyl (C=O) groups is 2. The molecule has 0 saturated carbocycles. The van der Waals surface area contributed by atoms with Crippen LogP contribution in [0.3, 0.4) is 0 Å². The molecule has 0 spiro atoms. The van der Waals surface area contributed by atoms with Crippen LogP contribution in [0.5, 0.6) is 5.75 Å². The van der Waals surface area contributed by atoms with Crippen molar-refractivity contribution in [3.8, 4) is 5.75 Å². The number of esters is 1. The number of anilines is 2. The predicted octanol–water partition coefficient (Wildman–Crippen LogP) is 4.50. The Morgan fingerprint density at radius 3 is 2.12 bits per heavy atom. The second-order valence-corrected chi connectivity index (χ2v) is 8.55. The van der Waals surface area contributed by atoms with Crippen LogP contribution in [0.2, 0.25) is 0 Å². The van der Waals surface area contributed by atoms with Gasteiger partial charge in [0.05, 0.1) is 7.11 Å². The van der Waals surface area contributed by atoms with E-state index in [9.17, 15) is 18.0 Å². The number of hydrogen-bond acceptors (Lipinski definition) is 6. The van der Waals surface area contributed by atoms with Gasteiger partial charge < -0.3 is 19.6 Å². The van der Waals surface area contributed by atoms with Crippen LogP contribution in [0.25, 0.3) is 0 Å². The van der Waals surface area contributed by atoms with Gasteiger partial charge in [0.2, 0.25) is 0 Å². The number of rotatable bonds is 6. The van der Waals surface area contributed by atoms with Gasteiger partial charge in [-0.05, 0) is 55.8 Å². The van der Waals surface area contributed by atoms with Crippen molar-refractivity contribution in [2.75, 3.05) is 17.7 Å². The molecule has 0 atom stereocenters. The zero-order chi connectivity index (χ0) is 23.3. The van der Waals surface area contributed by atoms with Crippen LogP contribution < -0.4 is 14.8 Å². The molecular weight excluding hydrogens is 432 g/mol. The van der Waals surface area contributed by atoms with Crippen LogP contribution in [0.15, 0.2) is 71.6 Å². The fourth-order valence-electron chi connectivity index (χ4n) is 2.82. The molecule has 2 N–H and O–H groups in total. The molecule has 166 valence electrons. The summed E-state index contributed by atoms with van der Waals surface area (Å²) in [5, 5.41) is 5.25. The van der Waals surface area contributed by atoms with Gasteiger partial charge in [0.1, 0.15) is 10.5 Å². The Balaban J connectivity index is 1.87. The molecule has 0 aliphatic heterocycles. The first-order valence-corrected chi connectivity index (χ1v) is 11.0. The molecule has 2 amide bonds. The van der Waals surface area contributed by atoms with E-state index < -0.39 is 22.1 Å². The van der Waals surface area contributed by atoms with Crippen molar-refractivity contribution < 1.29 is 26.9 Å². The number of amides is 2. The van der Waals surface area contributed by atoms with Crippen molar-refractivity contribution in [2.45, 2.75) is 18.7 Å². The Hall–Kier alpha value is -3.85. The molecule has 0 aliphatic carbocycles. The monoisotopic (exact) mass is 454 g/mol. The Kier molecular flexibility index (Phi) is 6.79. The van der Waals surface area contributed by atoms with Gasteiger partial charge in [-0.1, -0.05) is 29.8 Å². The summed E-state index contributed by atoms with van der Waals surface area (Å²) in [5.74, 6) is -1.05. The van der Waals surface area contributed by atoms with Gasteiger partial charge in [-0.3, -0.25) is 0 Å². The lowest BCUT2D eigenvalue weighted by Crippen LogP contribution is -2.20. The van der Waals surface area contributed by atoms with E-state index in [1.54, 1.807) is 31.2 Å². The van der Waals surface area contributed by atoms with E-state index in [1.807, 2.05) is 19.1 Å². The van der Waals surface area contributed by atoms with Crippen molar-refractivity contribution in [1.29, 1.82) is 0 Å². The SMILES string of the molecule is COC(=O)c1ccc(NC(=O)Nc2ccc(C)cc2)cc1OS(=O)(=O)c1cccc(C)c1. The summed E-state index contributed by atoms with van der Waals surface area (Å²) in [7, 11) is -3.07. The molecule has 0 aliphatic rings. The molecule has 0 fully saturated rings. The van der Waals surface area contributed by atoms with Gasteiger partial charge in [0.25, 0.3) is 0 Å². The highest BCUT2D eigenvalue weighted by atomic mass is 32.2. The molecule has 9 heteroatoms. The normalized spacial score (nSPS) is 10.8. The van der Waals surface area contributed by atoms with Gasteiger partial charge in [0, 0.05) is 17.4 Å². The minimum absolute atomic E-state index is 0.0659. The first-order chi connectivity index (χ1) is 15.2. The summed E-state index contributed by atoms with van der Waals surface area (Å²) in [6.07, 6.45) is 0.